The molecule has 1 N–H and O–H groups in total. The van der Waals surface area contributed by atoms with Gasteiger partial charge in [0.2, 0.25) is 5.13 Å². The van der Waals surface area contributed by atoms with Crippen molar-refractivity contribution in [3.8, 4) is 0 Å². The van der Waals surface area contributed by atoms with Crippen molar-refractivity contribution in [3.63, 3.8) is 0 Å². The van der Waals surface area contributed by atoms with E-state index in [1.807, 2.05) is 6.92 Å². The van der Waals surface area contributed by atoms with Crippen LogP contribution in [0, 0.1) is 12.7 Å². The first-order valence-electron chi connectivity index (χ1n) is 5.95. The molecule has 1 aromatic heterocycles. The summed E-state index contributed by atoms with van der Waals surface area (Å²) in [6.45, 7) is 1.83. The highest BCUT2D eigenvalue weighted by Crippen LogP contribution is 2.28. The van der Waals surface area contributed by atoms with Crippen LogP contribution in [0.25, 0.3) is 6.08 Å². The van der Waals surface area contributed by atoms with Crippen molar-refractivity contribution in [2.24, 2.45) is 4.99 Å². The second kappa shape index (κ2) is 5.74. The van der Waals surface area contributed by atoms with Gasteiger partial charge in [-0.3, -0.25) is 4.79 Å². The first kappa shape index (κ1) is 13.9. The fourth-order valence-corrected chi connectivity index (χ4v) is 3.05. The van der Waals surface area contributed by atoms with Gasteiger partial charge in [0.1, 0.15) is 10.8 Å². The van der Waals surface area contributed by atoms with E-state index in [4.69, 9.17) is 0 Å². The van der Waals surface area contributed by atoms with Gasteiger partial charge in [0.15, 0.2) is 5.17 Å². The van der Waals surface area contributed by atoms with Gasteiger partial charge in [0.05, 0.1) is 4.91 Å². The standard InChI is InChI=1S/C13H9FN4OS2/c1-7-17-18-13(20-7)16-12-15-11(19)10(21-12)6-8-2-4-9(14)5-3-8/h2-6H,1H3,(H,15,16,18,19)/b10-6-. The van der Waals surface area contributed by atoms with Crippen LogP contribution in [-0.4, -0.2) is 21.3 Å². The Morgan fingerprint density at radius 1 is 1.29 bits per heavy atom. The smallest absolute Gasteiger partial charge is 0.264 e. The molecule has 0 spiro atoms. The summed E-state index contributed by atoms with van der Waals surface area (Å²) in [7, 11) is 0. The lowest BCUT2D eigenvalue weighted by Crippen LogP contribution is -2.19. The molecule has 21 heavy (non-hydrogen) atoms. The van der Waals surface area contributed by atoms with E-state index in [0.717, 1.165) is 10.6 Å². The van der Waals surface area contributed by atoms with Crippen molar-refractivity contribution in [2.75, 3.05) is 0 Å². The molecule has 1 aliphatic rings. The van der Waals surface area contributed by atoms with E-state index >= 15 is 0 Å². The summed E-state index contributed by atoms with van der Waals surface area (Å²) in [6.07, 6.45) is 1.69. The Labute approximate surface area is 128 Å². The Morgan fingerprint density at radius 2 is 2.05 bits per heavy atom. The summed E-state index contributed by atoms with van der Waals surface area (Å²) in [4.78, 5) is 16.6. The lowest BCUT2D eigenvalue weighted by molar-refractivity contribution is -0.115. The number of hydrogen-bond donors (Lipinski definition) is 1. The van der Waals surface area contributed by atoms with Crippen LogP contribution in [0.3, 0.4) is 0 Å². The molecule has 3 rings (SSSR count). The van der Waals surface area contributed by atoms with Gasteiger partial charge in [-0.2, -0.15) is 4.99 Å². The first-order valence-corrected chi connectivity index (χ1v) is 7.59. The van der Waals surface area contributed by atoms with E-state index in [0.29, 0.717) is 15.2 Å². The number of aromatic nitrogens is 2. The summed E-state index contributed by atoms with van der Waals surface area (Å²) in [6, 6.07) is 5.92. The molecule has 1 saturated heterocycles. The zero-order chi connectivity index (χ0) is 14.8. The molecule has 1 fully saturated rings. The van der Waals surface area contributed by atoms with Crippen LogP contribution in [0.15, 0.2) is 34.2 Å². The predicted molar refractivity (Wildman–Crippen MR) is 81.9 cm³/mol. The summed E-state index contributed by atoms with van der Waals surface area (Å²) in [5.41, 5.74) is 0.752. The second-order valence-electron chi connectivity index (χ2n) is 4.14. The minimum absolute atomic E-state index is 0.232. The highest BCUT2D eigenvalue weighted by molar-refractivity contribution is 8.18. The molecule has 1 aliphatic heterocycles. The summed E-state index contributed by atoms with van der Waals surface area (Å²) < 4.78 is 12.8. The molecule has 8 heteroatoms. The summed E-state index contributed by atoms with van der Waals surface area (Å²) >= 11 is 2.56. The summed E-state index contributed by atoms with van der Waals surface area (Å²) in [5, 5.41) is 12.2. The molecule has 0 atom stereocenters. The molecule has 5 nitrogen and oxygen atoms in total. The van der Waals surface area contributed by atoms with E-state index in [1.165, 1.54) is 35.2 Å². The number of amides is 1. The SMILES string of the molecule is Cc1nnc(/N=C2\NC(=O)/C(=C/c3ccc(F)cc3)S2)s1. The van der Waals surface area contributed by atoms with E-state index in [9.17, 15) is 9.18 Å². The highest BCUT2D eigenvalue weighted by Gasteiger charge is 2.24. The number of aryl methyl sites for hydroxylation is 1. The van der Waals surface area contributed by atoms with E-state index in [1.54, 1.807) is 18.2 Å². The highest BCUT2D eigenvalue weighted by atomic mass is 32.2. The number of carbonyl (C=O) groups excluding carboxylic acids is 1. The Morgan fingerprint density at radius 3 is 2.71 bits per heavy atom. The lowest BCUT2D eigenvalue weighted by Gasteiger charge is -1.94. The minimum atomic E-state index is -0.311. The van der Waals surface area contributed by atoms with Crippen LogP contribution in [-0.2, 0) is 4.79 Å². The van der Waals surface area contributed by atoms with Crippen LogP contribution < -0.4 is 5.32 Å². The molecular weight excluding hydrogens is 311 g/mol. The van der Waals surface area contributed by atoms with E-state index in [-0.39, 0.29) is 11.7 Å². The fraction of sp³-hybridized carbons (Fsp3) is 0.0769. The predicted octanol–water partition coefficient (Wildman–Crippen LogP) is 2.88. The number of nitrogens with one attached hydrogen (secondary N) is 1. The number of rotatable bonds is 2. The molecule has 0 unspecified atom stereocenters. The number of benzene rings is 1. The van der Waals surface area contributed by atoms with Crippen molar-refractivity contribution < 1.29 is 9.18 Å². The second-order valence-corrected chi connectivity index (χ2v) is 6.33. The number of carbonyl (C=O) groups is 1. The van der Waals surface area contributed by atoms with Crippen molar-refractivity contribution >= 4 is 45.4 Å². The zero-order valence-corrected chi connectivity index (χ0v) is 12.5. The maximum Gasteiger partial charge on any atom is 0.264 e. The van der Waals surface area contributed by atoms with Gasteiger partial charge in [-0.25, -0.2) is 4.39 Å². The lowest BCUT2D eigenvalue weighted by atomic mass is 10.2. The average Bonchev–Trinajstić information content (AvgIpc) is 2.99. The van der Waals surface area contributed by atoms with E-state index < -0.39 is 0 Å². The van der Waals surface area contributed by atoms with Crippen LogP contribution in [0.1, 0.15) is 10.6 Å². The molecule has 0 aliphatic carbocycles. The Kier molecular flexibility index (Phi) is 3.80. The maximum atomic E-state index is 12.8. The van der Waals surface area contributed by atoms with Gasteiger partial charge in [0, 0.05) is 0 Å². The third kappa shape index (κ3) is 3.34. The number of halogens is 1. The zero-order valence-electron chi connectivity index (χ0n) is 10.8. The number of amidine groups is 1. The van der Waals surface area contributed by atoms with Crippen molar-refractivity contribution in [2.45, 2.75) is 6.92 Å². The molecule has 1 aromatic carbocycles. The van der Waals surface area contributed by atoms with Crippen molar-refractivity contribution in [1.29, 1.82) is 0 Å². The van der Waals surface area contributed by atoms with Crippen LogP contribution >= 0.6 is 23.1 Å². The number of hydrogen-bond acceptors (Lipinski definition) is 6. The normalized spacial score (nSPS) is 18.5. The monoisotopic (exact) mass is 320 g/mol. The van der Waals surface area contributed by atoms with Crippen LogP contribution in [0.2, 0.25) is 0 Å². The molecule has 1 amide bonds. The van der Waals surface area contributed by atoms with Gasteiger partial charge >= 0.3 is 0 Å². The van der Waals surface area contributed by atoms with Crippen molar-refractivity contribution in [3.05, 3.63) is 45.6 Å². The quantitative estimate of drug-likeness (QED) is 0.864. The molecule has 106 valence electrons. The topological polar surface area (TPSA) is 67.2 Å². The van der Waals surface area contributed by atoms with Crippen LogP contribution in [0.4, 0.5) is 9.52 Å². The Balaban J connectivity index is 1.81. The first-order chi connectivity index (χ1) is 10.1. The maximum absolute atomic E-state index is 12.8. The van der Waals surface area contributed by atoms with Gasteiger partial charge in [-0.05, 0) is 42.5 Å². The number of aliphatic imine (C=N–C) groups is 1. The third-order valence-electron chi connectivity index (χ3n) is 2.53. The fourth-order valence-electron chi connectivity index (χ4n) is 1.61. The van der Waals surface area contributed by atoms with Crippen LogP contribution in [0.5, 0.6) is 0 Å². The molecular formula is C13H9FN4OS2. The number of thioether (sulfide) groups is 1. The molecule has 2 aromatic rings. The van der Waals surface area contributed by atoms with E-state index in [2.05, 4.69) is 20.5 Å². The van der Waals surface area contributed by atoms with Gasteiger partial charge in [-0.15, -0.1) is 10.2 Å². The molecule has 2 heterocycles. The number of nitrogens with zero attached hydrogens (tertiary/aromatic N) is 3. The summed E-state index contributed by atoms with van der Waals surface area (Å²) in [5.74, 6) is -0.543. The molecule has 0 radical (unpaired) electrons. The third-order valence-corrected chi connectivity index (χ3v) is 4.17. The largest absolute Gasteiger partial charge is 0.300 e. The van der Waals surface area contributed by atoms with Gasteiger partial charge in [0.25, 0.3) is 5.91 Å². The minimum Gasteiger partial charge on any atom is -0.300 e. The Hall–Kier alpha value is -2.06. The molecule has 0 bridgehead atoms. The average molecular weight is 320 g/mol. The molecule has 0 saturated carbocycles. The van der Waals surface area contributed by atoms with Crippen molar-refractivity contribution in [1.82, 2.24) is 15.5 Å². The Bertz CT molecular complexity index is 752. The van der Waals surface area contributed by atoms with Gasteiger partial charge < -0.3 is 5.32 Å². The van der Waals surface area contributed by atoms with Gasteiger partial charge in [-0.1, -0.05) is 23.5 Å².